The highest BCUT2D eigenvalue weighted by molar-refractivity contribution is 8.00. The highest BCUT2D eigenvalue weighted by Crippen LogP contribution is 2.53. The van der Waals surface area contributed by atoms with Crippen LogP contribution >= 0.6 is 11.8 Å². The highest BCUT2D eigenvalue weighted by Gasteiger charge is 2.49. The van der Waals surface area contributed by atoms with Crippen molar-refractivity contribution in [2.45, 2.75) is 16.3 Å². The summed E-state index contributed by atoms with van der Waals surface area (Å²) in [5, 5.41) is 10.9. The van der Waals surface area contributed by atoms with E-state index in [1.807, 2.05) is 6.07 Å². The molecule has 1 heterocycles. The highest BCUT2D eigenvalue weighted by atomic mass is 32.2. The third kappa shape index (κ3) is 3.59. The van der Waals surface area contributed by atoms with Crippen molar-refractivity contribution in [3.63, 3.8) is 0 Å². The molecule has 0 amide bonds. The molecule has 154 valence electrons. The van der Waals surface area contributed by atoms with E-state index in [-0.39, 0.29) is 5.37 Å². The normalized spacial score (nSPS) is 19.4. The average molecular weight is 424 g/mol. The predicted octanol–water partition coefficient (Wildman–Crippen LogP) is 6.04. The number of aliphatic hydroxyl groups is 1. The number of hydrogen-bond donors (Lipinski definition) is 1. The first kappa shape index (κ1) is 20.1. The molecule has 0 saturated carbocycles. The van der Waals surface area contributed by atoms with E-state index >= 15 is 0 Å². The van der Waals surface area contributed by atoms with Gasteiger partial charge in [0.05, 0.1) is 10.9 Å². The minimum Gasteiger partial charge on any atom is -0.381 e. The minimum atomic E-state index is -0.533. The van der Waals surface area contributed by atoms with E-state index in [1.54, 1.807) is 11.8 Å². The zero-order chi connectivity index (χ0) is 21.1. The second kappa shape index (κ2) is 8.72. The lowest BCUT2D eigenvalue weighted by Crippen LogP contribution is -2.48. The molecule has 1 N–H and O–H groups in total. The summed E-state index contributed by atoms with van der Waals surface area (Å²) in [5.41, 5.74) is 3.81. The number of β-amino-alcohol motifs (C(OH)–C–C–N with tert-alkyl or cyclic N) is 1. The predicted molar refractivity (Wildman–Crippen MR) is 129 cm³/mol. The molecule has 2 atom stereocenters. The van der Waals surface area contributed by atoms with Crippen LogP contribution in [0.3, 0.4) is 0 Å². The fourth-order valence-electron chi connectivity index (χ4n) is 4.75. The summed E-state index contributed by atoms with van der Waals surface area (Å²) in [6.07, 6.45) is 0. The molecule has 0 aliphatic carbocycles. The SMILES string of the molecule is OC1CN(C(c2ccccc2)(c2ccccc2)c2ccccc2)C(c2ccccc2)S1. The van der Waals surface area contributed by atoms with Gasteiger partial charge in [-0.3, -0.25) is 4.90 Å². The molecule has 0 radical (unpaired) electrons. The monoisotopic (exact) mass is 423 g/mol. The lowest BCUT2D eigenvalue weighted by atomic mass is 9.75. The first-order valence-electron chi connectivity index (χ1n) is 10.6. The molecular formula is C28H25NOS. The Morgan fingerprint density at radius 2 is 1.00 bits per heavy atom. The molecule has 0 bridgehead atoms. The number of rotatable bonds is 5. The van der Waals surface area contributed by atoms with Crippen LogP contribution in [-0.2, 0) is 5.54 Å². The second-order valence-corrected chi connectivity index (χ2v) is 9.08. The van der Waals surface area contributed by atoms with Crippen molar-refractivity contribution in [3.05, 3.63) is 144 Å². The molecular weight excluding hydrogens is 398 g/mol. The maximum atomic E-state index is 10.9. The minimum absolute atomic E-state index is 0.0248. The summed E-state index contributed by atoms with van der Waals surface area (Å²) in [7, 11) is 0. The van der Waals surface area contributed by atoms with Gasteiger partial charge in [0.2, 0.25) is 0 Å². The quantitative estimate of drug-likeness (QED) is 0.396. The van der Waals surface area contributed by atoms with E-state index in [4.69, 9.17) is 0 Å². The van der Waals surface area contributed by atoms with E-state index < -0.39 is 11.0 Å². The molecule has 2 unspecified atom stereocenters. The zero-order valence-corrected chi connectivity index (χ0v) is 18.0. The summed E-state index contributed by atoms with van der Waals surface area (Å²) in [6, 6.07) is 42.6. The molecule has 2 nitrogen and oxygen atoms in total. The van der Waals surface area contributed by atoms with Crippen LogP contribution in [0.15, 0.2) is 121 Å². The van der Waals surface area contributed by atoms with E-state index in [0.717, 1.165) is 0 Å². The van der Waals surface area contributed by atoms with Crippen LogP contribution in [0.4, 0.5) is 0 Å². The van der Waals surface area contributed by atoms with Crippen LogP contribution < -0.4 is 0 Å². The van der Waals surface area contributed by atoms with Crippen molar-refractivity contribution in [2.24, 2.45) is 0 Å². The summed E-state index contributed by atoms with van der Waals surface area (Å²) >= 11 is 1.62. The molecule has 1 aliphatic rings. The Kier molecular flexibility index (Phi) is 5.65. The van der Waals surface area contributed by atoms with Gasteiger partial charge >= 0.3 is 0 Å². The third-order valence-electron chi connectivity index (χ3n) is 6.01. The fraction of sp³-hybridized carbons (Fsp3) is 0.143. The van der Waals surface area contributed by atoms with Crippen molar-refractivity contribution >= 4 is 11.8 Å². The lowest BCUT2D eigenvalue weighted by molar-refractivity contribution is 0.119. The van der Waals surface area contributed by atoms with E-state index in [2.05, 4.69) is 120 Å². The van der Waals surface area contributed by atoms with Gasteiger partial charge in [-0.2, -0.15) is 0 Å². The fourth-order valence-corrected chi connectivity index (χ4v) is 6.00. The topological polar surface area (TPSA) is 23.5 Å². The Morgan fingerprint density at radius 3 is 1.42 bits per heavy atom. The van der Waals surface area contributed by atoms with Crippen molar-refractivity contribution in [3.8, 4) is 0 Å². The van der Waals surface area contributed by atoms with E-state index in [9.17, 15) is 5.11 Å². The maximum Gasteiger partial charge on any atom is 0.114 e. The van der Waals surface area contributed by atoms with Gasteiger partial charge in [-0.05, 0) is 22.3 Å². The lowest BCUT2D eigenvalue weighted by Gasteiger charge is -2.46. The molecule has 1 fully saturated rings. The second-order valence-electron chi connectivity index (χ2n) is 7.81. The van der Waals surface area contributed by atoms with Crippen LogP contribution in [0.1, 0.15) is 27.6 Å². The number of thioether (sulfide) groups is 1. The summed E-state index contributed by atoms with van der Waals surface area (Å²) < 4.78 is 0. The van der Waals surface area contributed by atoms with Crippen molar-refractivity contribution < 1.29 is 5.11 Å². The van der Waals surface area contributed by atoms with Crippen LogP contribution in [0.2, 0.25) is 0 Å². The third-order valence-corrected chi connectivity index (χ3v) is 7.26. The van der Waals surface area contributed by atoms with Crippen LogP contribution in [0.5, 0.6) is 0 Å². The van der Waals surface area contributed by atoms with Crippen LogP contribution in [0, 0.1) is 0 Å². The summed E-state index contributed by atoms with van der Waals surface area (Å²) in [5.74, 6) is 0. The van der Waals surface area contributed by atoms with Gasteiger partial charge in [0.25, 0.3) is 0 Å². The van der Waals surface area contributed by atoms with Crippen molar-refractivity contribution in [1.82, 2.24) is 4.90 Å². The van der Waals surface area contributed by atoms with Crippen molar-refractivity contribution in [1.29, 1.82) is 0 Å². The van der Waals surface area contributed by atoms with Gasteiger partial charge in [0.15, 0.2) is 0 Å². The Labute approximate surface area is 188 Å². The molecule has 0 aromatic heterocycles. The Bertz CT molecular complexity index is 1010. The van der Waals surface area contributed by atoms with Gasteiger partial charge in [-0.1, -0.05) is 121 Å². The number of hydrogen-bond acceptors (Lipinski definition) is 3. The van der Waals surface area contributed by atoms with Crippen LogP contribution in [0.25, 0.3) is 0 Å². The molecule has 5 rings (SSSR count). The largest absolute Gasteiger partial charge is 0.381 e. The molecule has 4 aromatic rings. The van der Waals surface area contributed by atoms with Crippen molar-refractivity contribution in [2.75, 3.05) is 6.54 Å². The van der Waals surface area contributed by atoms with Gasteiger partial charge < -0.3 is 5.11 Å². The smallest absolute Gasteiger partial charge is 0.114 e. The van der Waals surface area contributed by atoms with E-state index in [0.29, 0.717) is 6.54 Å². The molecule has 0 spiro atoms. The Hall–Kier alpha value is -2.85. The molecule has 4 aromatic carbocycles. The maximum absolute atomic E-state index is 10.9. The summed E-state index contributed by atoms with van der Waals surface area (Å²) in [6.45, 7) is 0.572. The van der Waals surface area contributed by atoms with Gasteiger partial charge in [0, 0.05) is 6.54 Å². The molecule has 31 heavy (non-hydrogen) atoms. The summed E-state index contributed by atoms with van der Waals surface area (Å²) in [4.78, 5) is 2.47. The van der Waals surface area contributed by atoms with E-state index in [1.165, 1.54) is 22.3 Å². The first-order chi connectivity index (χ1) is 15.3. The van der Waals surface area contributed by atoms with Gasteiger partial charge in [-0.25, -0.2) is 0 Å². The Morgan fingerprint density at radius 1 is 0.613 bits per heavy atom. The number of benzene rings is 4. The molecule has 1 saturated heterocycles. The average Bonchev–Trinajstić information content (AvgIpc) is 3.24. The molecule has 3 heteroatoms. The van der Waals surface area contributed by atoms with Gasteiger partial charge in [0.1, 0.15) is 5.44 Å². The standard InChI is InChI=1S/C28H25NOS/c30-26-21-29(27(31-26)22-13-5-1-6-14-22)28(23-15-7-2-8-16-23,24-17-9-3-10-18-24)25-19-11-4-12-20-25/h1-20,26-27,30H,21H2. The first-order valence-corrected chi connectivity index (χ1v) is 11.6. The number of aliphatic hydroxyl groups excluding tert-OH is 1. The Balaban J connectivity index is 1.81. The number of nitrogens with zero attached hydrogens (tertiary/aromatic N) is 1. The zero-order valence-electron chi connectivity index (χ0n) is 17.2. The van der Waals surface area contributed by atoms with Crippen LogP contribution in [-0.4, -0.2) is 22.0 Å². The molecule has 1 aliphatic heterocycles. The van der Waals surface area contributed by atoms with Gasteiger partial charge in [-0.15, -0.1) is 11.8 Å².